The summed E-state index contributed by atoms with van der Waals surface area (Å²) in [5.41, 5.74) is 0.308. The molecule has 1 N–H and O–H groups in total. The number of rotatable bonds is 8. The maximum Gasteiger partial charge on any atom is 0.358 e. The number of esters is 1. The first-order valence-electron chi connectivity index (χ1n) is 7.56. The molecule has 2 aromatic rings. The average molecular weight is 398 g/mol. The Morgan fingerprint density at radius 2 is 2.27 bits per heavy atom. The molecule has 26 heavy (non-hydrogen) atoms. The molecule has 0 atom stereocenters. The number of nitrogens with zero attached hydrogens (tertiary/aromatic N) is 2. The third-order valence-corrected chi connectivity index (χ3v) is 4.47. The molecule has 0 aliphatic rings. The van der Waals surface area contributed by atoms with Crippen LogP contribution in [0.25, 0.3) is 0 Å². The van der Waals surface area contributed by atoms with Gasteiger partial charge in [0.15, 0.2) is 17.4 Å². The van der Waals surface area contributed by atoms with Crippen molar-refractivity contribution >= 4 is 39.9 Å². The number of benzene rings is 1. The van der Waals surface area contributed by atoms with Crippen LogP contribution in [0.3, 0.4) is 0 Å². The zero-order valence-electron chi connectivity index (χ0n) is 14.0. The Morgan fingerprint density at radius 1 is 1.50 bits per heavy atom. The van der Waals surface area contributed by atoms with Crippen LogP contribution in [-0.2, 0) is 16.1 Å². The minimum atomic E-state index is -0.710. The highest BCUT2D eigenvalue weighted by atomic mass is 35.5. The summed E-state index contributed by atoms with van der Waals surface area (Å²) in [4.78, 5) is 29.3. The van der Waals surface area contributed by atoms with Crippen molar-refractivity contribution in [2.75, 3.05) is 25.5 Å². The van der Waals surface area contributed by atoms with E-state index in [1.54, 1.807) is 12.1 Å². The van der Waals surface area contributed by atoms with Crippen LogP contribution in [0.5, 0.6) is 0 Å². The maximum atomic E-state index is 13.8. The van der Waals surface area contributed by atoms with E-state index < -0.39 is 24.3 Å². The average Bonchev–Trinajstić information content (AvgIpc) is 3.09. The zero-order chi connectivity index (χ0) is 19.1. The lowest BCUT2D eigenvalue weighted by Crippen LogP contribution is -2.31. The first-order valence-corrected chi connectivity index (χ1v) is 8.82. The van der Waals surface area contributed by atoms with E-state index in [1.807, 2.05) is 0 Å². The summed E-state index contributed by atoms with van der Waals surface area (Å²) in [6.45, 7) is 3.58. The summed E-state index contributed by atoms with van der Waals surface area (Å²) in [6, 6.07) is 4.29. The van der Waals surface area contributed by atoms with Crippen molar-refractivity contribution in [1.82, 2.24) is 9.88 Å². The lowest BCUT2D eigenvalue weighted by molar-refractivity contribution is -0.133. The van der Waals surface area contributed by atoms with Gasteiger partial charge in [-0.3, -0.25) is 4.79 Å². The molecule has 0 bridgehead atoms. The number of thiazole rings is 1. The van der Waals surface area contributed by atoms with Crippen LogP contribution in [0.2, 0.25) is 5.02 Å². The van der Waals surface area contributed by atoms with Crippen LogP contribution in [0.15, 0.2) is 36.2 Å². The van der Waals surface area contributed by atoms with Crippen molar-refractivity contribution in [3.8, 4) is 0 Å². The Bertz CT molecular complexity index is 792. The molecule has 0 aliphatic heterocycles. The Labute approximate surface area is 159 Å². The number of carbonyl (C=O) groups excluding carboxylic acids is 2. The van der Waals surface area contributed by atoms with Crippen molar-refractivity contribution in [1.29, 1.82) is 0 Å². The minimum Gasteiger partial charge on any atom is -0.451 e. The van der Waals surface area contributed by atoms with Gasteiger partial charge in [-0.25, -0.2) is 14.2 Å². The highest BCUT2D eigenvalue weighted by molar-refractivity contribution is 7.13. The van der Waals surface area contributed by atoms with E-state index in [9.17, 15) is 14.0 Å². The lowest BCUT2D eigenvalue weighted by Gasteiger charge is -2.18. The molecule has 0 fully saturated rings. The van der Waals surface area contributed by atoms with Crippen molar-refractivity contribution in [3.63, 3.8) is 0 Å². The highest BCUT2D eigenvalue weighted by Crippen LogP contribution is 2.20. The number of hydrogen-bond donors (Lipinski definition) is 1. The summed E-state index contributed by atoms with van der Waals surface area (Å²) in [5.74, 6) is -1.70. The number of halogens is 2. The van der Waals surface area contributed by atoms with Gasteiger partial charge in [-0.2, -0.15) is 0 Å². The summed E-state index contributed by atoms with van der Waals surface area (Å²) in [5, 5.41) is 5.25. The quantitative estimate of drug-likeness (QED) is 0.546. The predicted octanol–water partition coefficient (Wildman–Crippen LogP) is 3.35. The Morgan fingerprint density at radius 3 is 2.96 bits per heavy atom. The molecule has 138 valence electrons. The van der Waals surface area contributed by atoms with Gasteiger partial charge in [-0.05, 0) is 12.1 Å². The fraction of sp³-hybridized carbons (Fsp3) is 0.235. The number of likely N-dealkylation sites (N-methyl/N-ethyl adjacent to an activating group) is 1. The maximum absolute atomic E-state index is 13.8. The Kier molecular flexibility index (Phi) is 7.11. The topological polar surface area (TPSA) is 71.5 Å². The number of amides is 1. The molecule has 0 spiro atoms. The van der Waals surface area contributed by atoms with E-state index in [0.717, 1.165) is 0 Å². The SMILES string of the molecule is C=CCNc1nc(C(=O)OCC(=O)N(C)Cc2c(F)cccc2Cl)cs1. The van der Waals surface area contributed by atoms with E-state index in [2.05, 4.69) is 16.9 Å². The van der Waals surface area contributed by atoms with E-state index in [0.29, 0.717) is 11.7 Å². The normalized spacial score (nSPS) is 10.3. The predicted molar refractivity (Wildman–Crippen MR) is 99.0 cm³/mol. The van der Waals surface area contributed by atoms with Crippen LogP contribution >= 0.6 is 22.9 Å². The first-order chi connectivity index (χ1) is 12.4. The molecule has 0 aliphatic carbocycles. The van der Waals surface area contributed by atoms with Crippen molar-refractivity contribution < 1.29 is 18.7 Å². The number of nitrogens with one attached hydrogen (secondary N) is 1. The lowest BCUT2D eigenvalue weighted by atomic mass is 10.2. The molecule has 0 unspecified atom stereocenters. The molecule has 2 rings (SSSR count). The molecular formula is C17H17ClFN3O3S. The van der Waals surface area contributed by atoms with Crippen LogP contribution in [-0.4, -0.2) is 42.0 Å². The van der Waals surface area contributed by atoms with Gasteiger partial charge in [0, 0.05) is 36.1 Å². The van der Waals surface area contributed by atoms with Crippen molar-refractivity contribution in [3.05, 3.63) is 58.3 Å². The van der Waals surface area contributed by atoms with Crippen LogP contribution in [0.4, 0.5) is 9.52 Å². The van der Waals surface area contributed by atoms with E-state index in [-0.39, 0.29) is 22.8 Å². The smallest absolute Gasteiger partial charge is 0.358 e. The van der Waals surface area contributed by atoms with Gasteiger partial charge in [0.2, 0.25) is 0 Å². The van der Waals surface area contributed by atoms with Gasteiger partial charge in [-0.1, -0.05) is 23.7 Å². The number of hydrogen-bond acceptors (Lipinski definition) is 6. The van der Waals surface area contributed by atoms with E-state index in [1.165, 1.54) is 40.8 Å². The summed E-state index contributed by atoms with van der Waals surface area (Å²) >= 11 is 7.18. The molecule has 9 heteroatoms. The molecule has 1 aromatic carbocycles. The zero-order valence-corrected chi connectivity index (χ0v) is 15.6. The van der Waals surface area contributed by atoms with Gasteiger partial charge in [-0.15, -0.1) is 17.9 Å². The number of ether oxygens (including phenoxy) is 1. The van der Waals surface area contributed by atoms with Gasteiger partial charge in [0.1, 0.15) is 5.82 Å². The molecule has 0 saturated carbocycles. The molecule has 1 aromatic heterocycles. The number of carbonyl (C=O) groups is 2. The van der Waals surface area contributed by atoms with Crippen LogP contribution in [0.1, 0.15) is 16.1 Å². The third-order valence-electron chi connectivity index (χ3n) is 3.32. The monoisotopic (exact) mass is 397 g/mol. The minimum absolute atomic E-state index is 0.0335. The van der Waals surface area contributed by atoms with Gasteiger partial charge >= 0.3 is 5.97 Å². The van der Waals surface area contributed by atoms with Gasteiger partial charge in [0.25, 0.3) is 5.91 Å². The number of anilines is 1. The third kappa shape index (κ3) is 5.27. The molecule has 1 amide bonds. The summed E-state index contributed by atoms with van der Waals surface area (Å²) in [6.07, 6.45) is 1.66. The first kappa shape index (κ1) is 19.9. The second-order valence-electron chi connectivity index (χ2n) is 5.23. The van der Waals surface area contributed by atoms with Gasteiger partial charge in [0.05, 0.1) is 0 Å². The molecule has 0 saturated heterocycles. The second-order valence-corrected chi connectivity index (χ2v) is 6.50. The summed E-state index contributed by atoms with van der Waals surface area (Å²) < 4.78 is 18.7. The van der Waals surface area contributed by atoms with Crippen molar-refractivity contribution in [2.24, 2.45) is 0 Å². The Balaban J connectivity index is 1.88. The largest absolute Gasteiger partial charge is 0.451 e. The van der Waals surface area contributed by atoms with Crippen LogP contribution in [0, 0.1) is 5.82 Å². The summed E-state index contributed by atoms with van der Waals surface area (Å²) in [7, 11) is 1.47. The van der Waals surface area contributed by atoms with Gasteiger partial charge < -0.3 is 15.0 Å². The van der Waals surface area contributed by atoms with E-state index in [4.69, 9.17) is 16.3 Å². The molecular weight excluding hydrogens is 381 g/mol. The Hall–Kier alpha value is -2.45. The second kappa shape index (κ2) is 9.30. The fourth-order valence-electron chi connectivity index (χ4n) is 1.93. The van der Waals surface area contributed by atoms with Crippen LogP contribution < -0.4 is 5.32 Å². The molecule has 1 heterocycles. The standard InChI is InChI=1S/C17H17ClFN3O3S/c1-3-7-20-17-21-14(10-26-17)16(24)25-9-15(23)22(2)8-11-12(18)5-4-6-13(11)19/h3-6,10H,1,7-9H2,2H3,(H,20,21). The van der Waals surface area contributed by atoms with E-state index >= 15 is 0 Å². The molecule has 6 nitrogen and oxygen atoms in total. The molecule has 0 radical (unpaired) electrons. The fourth-order valence-corrected chi connectivity index (χ4v) is 2.84. The van der Waals surface area contributed by atoms with Crippen molar-refractivity contribution in [2.45, 2.75) is 6.54 Å². The highest BCUT2D eigenvalue weighted by Gasteiger charge is 2.18. The number of aromatic nitrogens is 1.